The molecule has 1 aliphatic heterocycles. The van der Waals surface area contributed by atoms with Crippen molar-refractivity contribution in [2.45, 2.75) is 25.9 Å². The van der Waals surface area contributed by atoms with Gasteiger partial charge in [0.15, 0.2) is 0 Å². The smallest absolute Gasteiger partial charge is 0.132 e. The molecular weight excluding hydrogens is 250 g/mol. The third kappa shape index (κ3) is 2.80. The number of aliphatic hydroxyl groups excluding tert-OH is 1. The molecular formula is C16H19N3O. The summed E-state index contributed by atoms with van der Waals surface area (Å²) in [5.74, 6) is 1.68. The Balaban J connectivity index is 1.94. The maximum absolute atomic E-state index is 9.81. The average molecular weight is 269 g/mol. The summed E-state index contributed by atoms with van der Waals surface area (Å²) in [6, 6.07) is 12.1. The second-order valence-corrected chi connectivity index (χ2v) is 5.27. The summed E-state index contributed by atoms with van der Waals surface area (Å²) >= 11 is 0. The third-order valence-electron chi connectivity index (χ3n) is 3.61. The van der Waals surface area contributed by atoms with Crippen LogP contribution >= 0.6 is 0 Å². The van der Waals surface area contributed by atoms with Crippen molar-refractivity contribution in [3.8, 4) is 11.3 Å². The summed E-state index contributed by atoms with van der Waals surface area (Å²) in [6.07, 6.45) is 1.64. The van der Waals surface area contributed by atoms with Gasteiger partial charge in [0.25, 0.3) is 0 Å². The number of benzene rings is 1. The Morgan fingerprint density at radius 3 is 2.75 bits per heavy atom. The highest BCUT2D eigenvalue weighted by atomic mass is 16.3. The number of rotatable bonds is 2. The van der Waals surface area contributed by atoms with Gasteiger partial charge >= 0.3 is 0 Å². The van der Waals surface area contributed by atoms with E-state index in [4.69, 9.17) is 0 Å². The molecule has 1 unspecified atom stereocenters. The van der Waals surface area contributed by atoms with Gasteiger partial charge in [-0.2, -0.15) is 0 Å². The van der Waals surface area contributed by atoms with Gasteiger partial charge in [-0.05, 0) is 19.8 Å². The van der Waals surface area contributed by atoms with E-state index in [1.54, 1.807) is 0 Å². The largest absolute Gasteiger partial charge is 0.391 e. The summed E-state index contributed by atoms with van der Waals surface area (Å²) in [4.78, 5) is 11.2. The maximum Gasteiger partial charge on any atom is 0.132 e. The van der Waals surface area contributed by atoms with Crippen molar-refractivity contribution in [3.63, 3.8) is 0 Å². The van der Waals surface area contributed by atoms with E-state index >= 15 is 0 Å². The predicted molar refractivity (Wildman–Crippen MR) is 79.7 cm³/mol. The zero-order chi connectivity index (χ0) is 13.9. The van der Waals surface area contributed by atoms with Crippen LogP contribution in [-0.2, 0) is 0 Å². The molecule has 20 heavy (non-hydrogen) atoms. The van der Waals surface area contributed by atoms with E-state index in [9.17, 15) is 5.11 Å². The van der Waals surface area contributed by atoms with Crippen LogP contribution in [0.3, 0.4) is 0 Å². The maximum atomic E-state index is 9.81. The fraction of sp³-hybridized carbons (Fsp3) is 0.375. The van der Waals surface area contributed by atoms with Crippen molar-refractivity contribution in [1.82, 2.24) is 9.97 Å². The van der Waals surface area contributed by atoms with Gasteiger partial charge in [0, 0.05) is 24.7 Å². The number of aromatic nitrogens is 2. The lowest BCUT2D eigenvalue weighted by Gasteiger charge is -2.31. The minimum absolute atomic E-state index is 0.251. The predicted octanol–water partition coefficient (Wildman–Crippen LogP) is 2.41. The van der Waals surface area contributed by atoms with Crippen molar-refractivity contribution < 1.29 is 5.11 Å². The second kappa shape index (κ2) is 5.59. The SMILES string of the molecule is Cc1nc(-c2ccccc2)cc(N2CCCC(O)C2)n1. The molecule has 1 fully saturated rings. The third-order valence-corrected chi connectivity index (χ3v) is 3.61. The molecule has 1 saturated heterocycles. The van der Waals surface area contributed by atoms with E-state index in [-0.39, 0.29) is 6.10 Å². The van der Waals surface area contributed by atoms with Gasteiger partial charge < -0.3 is 10.0 Å². The summed E-state index contributed by atoms with van der Waals surface area (Å²) in [7, 11) is 0. The Kier molecular flexibility index (Phi) is 3.65. The minimum atomic E-state index is -0.251. The molecule has 0 bridgehead atoms. The molecule has 4 heteroatoms. The van der Waals surface area contributed by atoms with E-state index < -0.39 is 0 Å². The molecule has 0 amide bonds. The summed E-state index contributed by atoms with van der Waals surface area (Å²) in [5.41, 5.74) is 2.03. The molecule has 0 saturated carbocycles. The molecule has 1 aromatic carbocycles. The van der Waals surface area contributed by atoms with E-state index in [0.717, 1.165) is 42.3 Å². The highest BCUT2D eigenvalue weighted by Gasteiger charge is 2.19. The highest BCUT2D eigenvalue weighted by molar-refractivity contribution is 5.62. The molecule has 1 aliphatic rings. The zero-order valence-corrected chi connectivity index (χ0v) is 11.7. The molecule has 1 atom stereocenters. The molecule has 3 rings (SSSR count). The van der Waals surface area contributed by atoms with Gasteiger partial charge in [-0.1, -0.05) is 30.3 Å². The number of aliphatic hydroxyl groups is 1. The second-order valence-electron chi connectivity index (χ2n) is 5.27. The topological polar surface area (TPSA) is 49.2 Å². The first-order chi connectivity index (χ1) is 9.72. The van der Waals surface area contributed by atoms with Gasteiger partial charge in [0.2, 0.25) is 0 Å². The van der Waals surface area contributed by atoms with E-state index in [1.807, 2.05) is 31.2 Å². The van der Waals surface area contributed by atoms with Crippen molar-refractivity contribution in [2.24, 2.45) is 0 Å². The number of β-amino-alcohol motifs (C(OH)–C–C–N with tert-alkyl or cyclic N) is 1. The monoisotopic (exact) mass is 269 g/mol. The van der Waals surface area contributed by atoms with Crippen molar-refractivity contribution in [3.05, 3.63) is 42.2 Å². The lowest BCUT2D eigenvalue weighted by Crippen LogP contribution is -2.38. The summed E-state index contributed by atoms with van der Waals surface area (Å²) in [6.45, 7) is 3.52. The van der Waals surface area contributed by atoms with E-state index in [0.29, 0.717) is 6.54 Å². The first-order valence-electron chi connectivity index (χ1n) is 7.06. The van der Waals surface area contributed by atoms with Crippen LogP contribution in [0.2, 0.25) is 0 Å². The first kappa shape index (κ1) is 13.1. The number of hydrogen-bond donors (Lipinski definition) is 1. The zero-order valence-electron chi connectivity index (χ0n) is 11.7. The molecule has 1 N–H and O–H groups in total. The van der Waals surface area contributed by atoms with E-state index in [2.05, 4.69) is 27.0 Å². The number of hydrogen-bond acceptors (Lipinski definition) is 4. The van der Waals surface area contributed by atoms with Crippen LogP contribution in [-0.4, -0.2) is 34.3 Å². The van der Waals surface area contributed by atoms with Gasteiger partial charge in [0.1, 0.15) is 11.6 Å². The highest BCUT2D eigenvalue weighted by Crippen LogP contribution is 2.23. The molecule has 0 spiro atoms. The number of aryl methyl sites for hydroxylation is 1. The molecule has 104 valence electrons. The summed E-state index contributed by atoms with van der Waals surface area (Å²) in [5, 5.41) is 9.81. The minimum Gasteiger partial charge on any atom is -0.391 e. The van der Waals surface area contributed by atoms with Gasteiger partial charge in [-0.3, -0.25) is 0 Å². The van der Waals surface area contributed by atoms with Crippen molar-refractivity contribution in [2.75, 3.05) is 18.0 Å². The van der Waals surface area contributed by atoms with Gasteiger partial charge in [0.05, 0.1) is 11.8 Å². The summed E-state index contributed by atoms with van der Waals surface area (Å²) < 4.78 is 0. The molecule has 2 aromatic rings. The van der Waals surface area contributed by atoms with E-state index in [1.165, 1.54) is 0 Å². The Labute approximate surface area is 119 Å². The number of piperidine rings is 1. The van der Waals surface area contributed by atoms with Crippen molar-refractivity contribution >= 4 is 5.82 Å². The Hall–Kier alpha value is -1.94. The lowest BCUT2D eigenvalue weighted by molar-refractivity contribution is 0.154. The van der Waals surface area contributed by atoms with Crippen LogP contribution in [0.5, 0.6) is 0 Å². The Bertz CT molecular complexity index is 586. The fourth-order valence-electron chi connectivity index (χ4n) is 2.63. The molecule has 0 radical (unpaired) electrons. The molecule has 0 aliphatic carbocycles. The Morgan fingerprint density at radius 2 is 2.00 bits per heavy atom. The van der Waals surface area contributed by atoms with Crippen LogP contribution in [0, 0.1) is 6.92 Å². The van der Waals surface area contributed by atoms with Crippen LogP contribution < -0.4 is 4.90 Å². The molecule has 2 heterocycles. The lowest BCUT2D eigenvalue weighted by atomic mass is 10.1. The number of nitrogens with zero attached hydrogens (tertiary/aromatic N) is 3. The first-order valence-corrected chi connectivity index (χ1v) is 7.06. The standard InChI is InChI=1S/C16H19N3O/c1-12-17-15(13-6-3-2-4-7-13)10-16(18-12)19-9-5-8-14(20)11-19/h2-4,6-7,10,14,20H,5,8-9,11H2,1H3. The average Bonchev–Trinajstić information content (AvgIpc) is 2.47. The van der Waals surface area contributed by atoms with Crippen LogP contribution in [0.25, 0.3) is 11.3 Å². The molecule has 1 aromatic heterocycles. The van der Waals surface area contributed by atoms with Gasteiger partial charge in [-0.15, -0.1) is 0 Å². The van der Waals surface area contributed by atoms with Crippen LogP contribution in [0.4, 0.5) is 5.82 Å². The molecule has 4 nitrogen and oxygen atoms in total. The van der Waals surface area contributed by atoms with Crippen LogP contribution in [0.15, 0.2) is 36.4 Å². The van der Waals surface area contributed by atoms with Crippen molar-refractivity contribution in [1.29, 1.82) is 0 Å². The van der Waals surface area contributed by atoms with Gasteiger partial charge in [-0.25, -0.2) is 9.97 Å². The fourth-order valence-corrected chi connectivity index (χ4v) is 2.63. The van der Waals surface area contributed by atoms with Crippen LogP contribution in [0.1, 0.15) is 18.7 Å². The Morgan fingerprint density at radius 1 is 1.20 bits per heavy atom. The quantitative estimate of drug-likeness (QED) is 0.909. The number of anilines is 1. The normalized spacial score (nSPS) is 19.1.